The van der Waals surface area contributed by atoms with E-state index in [1.165, 1.54) is 39.5 Å². The normalized spacial score (nSPS) is 20.1. The van der Waals surface area contributed by atoms with Crippen molar-refractivity contribution in [1.29, 1.82) is 0 Å². The summed E-state index contributed by atoms with van der Waals surface area (Å²) in [5, 5.41) is 4.86. The van der Waals surface area contributed by atoms with E-state index in [9.17, 15) is 0 Å². The maximum Gasteiger partial charge on any atom is 0.119 e. The summed E-state index contributed by atoms with van der Waals surface area (Å²) in [5.41, 5.74) is 3.88. The van der Waals surface area contributed by atoms with Gasteiger partial charge in [-0.3, -0.25) is 0 Å². The van der Waals surface area contributed by atoms with E-state index in [0.29, 0.717) is 6.04 Å². The van der Waals surface area contributed by atoms with E-state index < -0.39 is 0 Å². The second kappa shape index (κ2) is 5.43. The SMILES string of the molecule is COc1ccc2c(c1)-c1nc(CC3CCCN3)sc1CC2. The van der Waals surface area contributed by atoms with Crippen molar-refractivity contribution in [3.63, 3.8) is 0 Å². The van der Waals surface area contributed by atoms with Crippen LogP contribution in [0.25, 0.3) is 11.3 Å². The summed E-state index contributed by atoms with van der Waals surface area (Å²) in [7, 11) is 1.73. The highest BCUT2D eigenvalue weighted by Gasteiger charge is 2.23. The quantitative estimate of drug-likeness (QED) is 0.945. The van der Waals surface area contributed by atoms with Gasteiger partial charge in [-0.05, 0) is 49.9 Å². The van der Waals surface area contributed by atoms with Crippen LogP contribution in [0.15, 0.2) is 18.2 Å². The number of hydrogen-bond donors (Lipinski definition) is 1. The van der Waals surface area contributed by atoms with Gasteiger partial charge in [0.25, 0.3) is 0 Å². The number of aromatic nitrogens is 1. The van der Waals surface area contributed by atoms with Gasteiger partial charge in [0.2, 0.25) is 0 Å². The molecule has 4 rings (SSSR count). The molecule has 0 radical (unpaired) electrons. The predicted octanol–water partition coefficient (Wildman–Crippen LogP) is 3.21. The minimum atomic E-state index is 0.627. The minimum absolute atomic E-state index is 0.627. The number of benzene rings is 1. The van der Waals surface area contributed by atoms with Gasteiger partial charge in [0, 0.05) is 22.9 Å². The number of ether oxygens (including phenoxy) is 1. The van der Waals surface area contributed by atoms with E-state index in [4.69, 9.17) is 9.72 Å². The molecule has 3 nitrogen and oxygen atoms in total. The fourth-order valence-corrected chi connectivity index (χ4v) is 4.54. The van der Waals surface area contributed by atoms with Crippen molar-refractivity contribution in [3.8, 4) is 17.0 Å². The third-order valence-electron chi connectivity index (χ3n) is 4.52. The van der Waals surface area contributed by atoms with Crippen molar-refractivity contribution in [2.45, 2.75) is 38.1 Å². The van der Waals surface area contributed by atoms with E-state index in [2.05, 4.69) is 23.5 Å². The van der Waals surface area contributed by atoms with Gasteiger partial charge in [0.1, 0.15) is 5.75 Å². The van der Waals surface area contributed by atoms with E-state index in [-0.39, 0.29) is 0 Å². The summed E-state index contributed by atoms with van der Waals surface area (Å²) in [4.78, 5) is 6.40. The number of methoxy groups -OCH3 is 1. The molecule has 4 heteroatoms. The molecule has 1 aliphatic carbocycles. The summed E-state index contributed by atoms with van der Waals surface area (Å²) in [5.74, 6) is 0.925. The molecule has 0 bridgehead atoms. The summed E-state index contributed by atoms with van der Waals surface area (Å²) >= 11 is 1.91. The molecule has 2 aromatic rings. The number of rotatable bonds is 3. The standard InChI is InChI=1S/C17H20N2OS/c1-20-13-6-4-11-5-7-15-17(14(11)10-13)19-16(21-15)9-12-3-2-8-18-12/h4,6,10,12,18H,2-3,5,7-9H2,1H3. The first-order chi connectivity index (χ1) is 10.3. The Kier molecular flexibility index (Phi) is 3.43. The van der Waals surface area contributed by atoms with Gasteiger partial charge in [-0.15, -0.1) is 11.3 Å². The van der Waals surface area contributed by atoms with Crippen molar-refractivity contribution < 1.29 is 4.74 Å². The number of thiazole rings is 1. The van der Waals surface area contributed by atoms with Crippen LogP contribution in [0, 0.1) is 0 Å². The molecule has 1 fully saturated rings. The molecule has 1 saturated heterocycles. The van der Waals surface area contributed by atoms with Crippen LogP contribution in [0.5, 0.6) is 5.75 Å². The average molecular weight is 300 g/mol. The van der Waals surface area contributed by atoms with E-state index >= 15 is 0 Å². The van der Waals surface area contributed by atoms with Crippen LogP contribution in [0.1, 0.15) is 28.3 Å². The topological polar surface area (TPSA) is 34.1 Å². The first-order valence-electron chi connectivity index (χ1n) is 7.73. The zero-order valence-electron chi connectivity index (χ0n) is 12.3. The van der Waals surface area contributed by atoms with Crippen LogP contribution in [0.3, 0.4) is 0 Å². The Hall–Kier alpha value is -1.39. The van der Waals surface area contributed by atoms with Crippen LogP contribution < -0.4 is 10.1 Å². The van der Waals surface area contributed by atoms with Gasteiger partial charge in [0.15, 0.2) is 0 Å². The van der Waals surface area contributed by atoms with E-state index in [1.807, 2.05) is 11.3 Å². The monoisotopic (exact) mass is 300 g/mol. The Morgan fingerprint density at radius 3 is 3.14 bits per heavy atom. The fraction of sp³-hybridized carbons (Fsp3) is 0.471. The predicted molar refractivity (Wildman–Crippen MR) is 86.2 cm³/mol. The molecule has 2 heterocycles. The molecule has 0 spiro atoms. The van der Waals surface area contributed by atoms with Crippen molar-refractivity contribution in [2.75, 3.05) is 13.7 Å². The maximum atomic E-state index is 5.38. The lowest BCUT2D eigenvalue weighted by atomic mass is 9.93. The number of fused-ring (bicyclic) bond motifs is 3. The molecule has 0 saturated carbocycles. The average Bonchev–Trinajstić information content (AvgIpc) is 3.16. The molecule has 0 amide bonds. The minimum Gasteiger partial charge on any atom is -0.497 e. The van der Waals surface area contributed by atoms with E-state index in [0.717, 1.165) is 31.6 Å². The smallest absolute Gasteiger partial charge is 0.119 e. The fourth-order valence-electron chi connectivity index (χ4n) is 3.38. The van der Waals surface area contributed by atoms with Crippen molar-refractivity contribution in [1.82, 2.24) is 10.3 Å². The summed E-state index contributed by atoms with van der Waals surface area (Å²) in [6.07, 6.45) is 5.92. The highest BCUT2D eigenvalue weighted by Crippen LogP contribution is 2.38. The summed E-state index contributed by atoms with van der Waals surface area (Å²) < 4.78 is 5.38. The Balaban J connectivity index is 1.67. The second-order valence-corrected chi connectivity index (χ2v) is 7.07. The van der Waals surface area contributed by atoms with Gasteiger partial charge >= 0.3 is 0 Å². The molecule has 1 unspecified atom stereocenters. The van der Waals surface area contributed by atoms with Crippen LogP contribution in [-0.2, 0) is 19.3 Å². The van der Waals surface area contributed by atoms with Crippen molar-refractivity contribution in [3.05, 3.63) is 33.6 Å². The second-order valence-electron chi connectivity index (χ2n) is 5.90. The van der Waals surface area contributed by atoms with Crippen LogP contribution >= 0.6 is 11.3 Å². The summed E-state index contributed by atoms with van der Waals surface area (Å²) in [6.45, 7) is 1.16. The van der Waals surface area contributed by atoms with E-state index in [1.54, 1.807) is 7.11 Å². The molecule has 1 aromatic heterocycles. The molecule has 21 heavy (non-hydrogen) atoms. The highest BCUT2D eigenvalue weighted by atomic mass is 32.1. The third kappa shape index (κ3) is 2.47. The lowest BCUT2D eigenvalue weighted by Crippen LogP contribution is -2.23. The molecule has 1 atom stereocenters. The highest BCUT2D eigenvalue weighted by molar-refractivity contribution is 7.12. The zero-order chi connectivity index (χ0) is 14.2. The third-order valence-corrected chi connectivity index (χ3v) is 5.66. The van der Waals surface area contributed by atoms with Crippen LogP contribution in [-0.4, -0.2) is 24.7 Å². The lowest BCUT2D eigenvalue weighted by Gasteiger charge is -2.15. The van der Waals surface area contributed by atoms with Crippen LogP contribution in [0.2, 0.25) is 0 Å². The number of nitrogens with one attached hydrogen (secondary N) is 1. The molecule has 1 aromatic carbocycles. The Labute approximate surface area is 129 Å². The maximum absolute atomic E-state index is 5.38. The molecule has 2 aliphatic rings. The Bertz CT molecular complexity index is 659. The number of aryl methyl sites for hydroxylation is 2. The Morgan fingerprint density at radius 1 is 1.38 bits per heavy atom. The van der Waals surface area contributed by atoms with Gasteiger partial charge in [-0.2, -0.15) is 0 Å². The molecular weight excluding hydrogens is 280 g/mol. The molecule has 1 N–H and O–H groups in total. The zero-order valence-corrected chi connectivity index (χ0v) is 13.1. The van der Waals surface area contributed by atoms with Gasteiger partial charge in [0.05, 0.1) is 17.8 Å². The molecule has 110 valence electrons. The largest absolute Gasteiger partial charge is 0.497 e. The first-order valence-corrected chi connectivity index (χ1v) is 8.54. The first kappa shape index (κ1) is 13.3. The molecular formula is C17H20N2OS. The van der Waals surface area contributed by atoms with Gasteiger partial charge in [-0.25, -0.2) is 4.98 Å². The Morgan fingerprint density at radius 2 is 2.33 bits per heavy atom. The van der Waals surface area contributed by atoms with Gasteiger partial charge < -0.3 is 10.1 Å². The van der Waals surface area contributed by atoms with Crippen LogP contribution in [0.4, 0.5) is 0 Å². The van der Waals surface area contributed by atoms with Crippen molar-refractivity contribution >= 4 is 11.3 Å². The number of hydrogen-bond acceptors (Lipinski definition) is 4. The number of nitrogens with zero attached hydrogens (tertiary/aromatic N) is 1. The summed E-state index contributed by atoms with van der Waals surface area (Å²) in [6, 6.07) is 7.01. The molecule has 1 aliphatic heterocycles. The van der Waals surface area contributed by atoms with Crippen molar-refractivity contribution in [2.24, 2.45) is 0 Å². The lowest BCUT2D eigenvalue weighted by molar-refractivity contribution is 0.415. The van der Waals surface area contributed by atoms with Gasteiger partial charge in [-0.1, -0.05) is 6.07 Å².